The van der Waals surface area contributed by atoms with Gasteiger partial charge in [0.25, 0.3) is 0 Å². The molecule has 0 aromatic carbocycles. The van der Waals surface area contributed by atoms with Gasteiger partial charge in [0.1, 0.15) is 0 Å². The van der Waals surface area contributed by atoms with Gasteiger partial charge in [0.05, 0.1) is 0 Å². The first kappa shape index (κ1) is 14.1. The summed E-state index contributed by atoms with van der Waals surface area (Å²) in [5.41, 5.74) is 0.624. The fourth-order valence-corrected chi connectivity index (χ4v) is 3.96. The van der Waals surface area contributed by atoms with Gasteiger partial charge in [-0.3, -0.25) is 0 Å². The molecule has 1 aliphatic rings. The van der Waals surface area contributed by atoms with E-state index in [-0.39, 0.29) is 0 Å². The largest absolute Gasteiger partial charge is 0.0651 e. The Balaban J connectivity index is 2.71. The first-order chi connectivity index (χ1) is 7.48. The van der Waals surface area contributed by atoms with E-state index in [1.54, 1.807) is 0 Å². The highest BCUT2D eigenvalue weighted by Gasteiger charge is 2.46. The zero-order chi connectivity index (χ0) is 12.3. The Morgan fingerprint density at radius 2 is 1.88 bits per heavy atom. The Morgan fingerprint density at radius 1 is 1.25 bits per heavy atom. The summed E-state index contributed by atoms with van der Waals surface area (Å²) in [4.78, 5) is 0. The van der Waals surface area contributed by atoms with E-state index in [0.717, 1.165) is 23.7 Å². The molecular formula is C16H32. The highest BCUT2D eigenvalue weighted by Crippen LogP contribution is 2.54. The van der Waals surface area contributed by atoms with Gasteiger partial charge in [-0.15, -0.1) is 0 Å². The van der Waals surface area contributed by atoms with E-state index >= 15 is 0 Å². The minimum absolute atomic E-state index is 0.624. The molecule has 0 N–H and O–H groups in total. The molecule has 0 heteroatoms. The lowest BCUT2D eigenvalue weighted by atomic mass is 9.76. The van der Waals surface area contributed by atoms with E-state index in [2.05, 4.69) is 41.5 Å². The second-order valence-corrected chi connectivity index (χ2v) is 6.58. The van der Waals surface area contributed by atoms with Crippen molar-refractivity contribution in [1.82, 2.24) is 0 Å². The molecule has 16 heavy (non-hydrogen) atoms. The standard InChI is InChI=1S/C16H32/c1-7-12(4)10-14-11-16(6,9-3)13(5)15(14)8-2/h12-15H,7-11H2,1-6H3. The van der Waals surface area contributed by atoms with Gasteiger partial charge in [-0.1, -0.05) is 60.8 Å². The lowest BCUT2D eigenvalue weighted by Crippen LogP contribution is -2.21. The molecule has 0 aromatic heterocycles. The van der Waals surface area contributed by atoms with E-state index in [9.17, 15) is 0 Å². The SMILES string of the molecule is CCC(C)CC1CC(C)(CC)C(C)C1CC. The maximum Gasteiger partial charge on any atom is -0.0297 e. The molecule has 0 radical (unpaired) electrons. The van der Waals surface area contributed by atoms with Crippen LogP contribution in [0, 0.1) is 29.1 Å². The first-order valence-corrected chi connectivity index (χ1v) is 7.48. The molecule has 0 bridgehead atoms. The van der Waals surface area contributed by atoms with Crippen molar-refractivity contribution in [2.75, 3.05) is 0 Å². The van der Waals surface area contributed by atoms with Crippen molar-refractivity contribution in [1.29, 1.82) is 0 Å². The molecule has 1 saturated carbocycles. The third kappa shape index (κ3) is 2.63. The topological polar surface area (TPSA) is 0 Å². The summed E-state index contributed by atoms with van der Waals surface area (Å²) in [5, 5.41) is 0. The van der Waals surface area contributed by atoms with Crippen molar-refractivity contribution in [2.24, 2.45) is 29.1 Å². The van der Waals surface area contributed by atoms with Crippen LogP contribution in [0.1, 0.15) is 73.6 Å². The normalized spacial score (nSPS) is 41.2. The van der Waals surface area contributed by atoms with Crippen LogP contribution in [0.15, 0.2) is 0 Å². The van der Waals surface area contributed by atoms with E-state index in [1.807, 2.05) is 0 Å². The quantitative estimate of drug-likeness (QED) is 0.576. The molecule has 5 unspecified atom stereocenters. The molecule has 1 rings (SSSR count). The van der Waals surface area contributed by atoms with E-state index in [1.165, 1.54) is 32.1 Å². The van der Waals surface area contributed by atoms with Crippen LogP contribution in [0.25, 0.3) is 0 Å². The van der Waals surface area contributed by atoms with Gasteiger partial charge in [0, 0.05) is 0 Å². The van der Waals surface area contributed by atoms with Gasteiger partial charge in [-0.2, -0.15) is 0 Å². The first-order valence-electron chi connectivity index (χ1n) is 7.48. The molecule has 1 aliphatic carbocycles. The van der Waals surface area contributed by atoms with Crippen LogP contribution in [-0.2, 0) is 0 Å². The van der Waals surface area contributed by atoms with Crippen molar-refractivity contribution in [3.05, 3.63) is 0 Å². The van der Waals surface area contributed by atoms with Gasteiger partial charge in [-0.05, 0) is 41.9 Å². The van der Waals surface area contributed by atoms with Crippen molar-refractivity contribution in [2.45, 2.75) is 73.6 Å². The molecular weight excluding hydrogens is 192 g/mol. The van der Waals surface area contributed by atoms with Gasteiger partial charge in [0.15, 0.2) is 0 Å². The second-order valence-electron chi connectivity index (χ2n) is 6.58. The van der Waals surface area contributed by atoms with Crippen molar-refractivity contribution >= 4 is 0 Å². The van der Waals surface area contributed by atoms with Crippen LogP contribution in [0.3, 0.4) is 0 Å². The third-order valence-corrected chi connectivity index (χ3v) is 5.76. The Kier molecular flexibility index (Phi) is 4.88. The monoisotopic (exact) mass is 224 g/mol. The molecule has 0 heterocycles. The fraction of sp³-hybridized carbons (Fsp3) is 1.00. The zero-order valence-electron chi connectivity index (χ0n) is 12.3. The lowest BCUT2D eigenvalue weighted by Gasteiger charge is -2.30. The van der Waals surface area contributed by atoms with Crippen LogP contribution in [0.2, 0.25) is 0 Å². The molecule has 1 fully saturated rings. The van der Waals surface area contributed by atoms with Crippen molar-refractivity contribution < 1.29 is 0 Å². The van der Waals surface area contributed by atoms with Crippen LogP contribution >= 0.6 is 0 Å². The summed E-state index contributed by atoms with van der Waals surface area (Å²) >= 11 is 0. The van der Waals surface area contributed by atoms with Crippen LogP contribution < -0.4 is 0 Å². The molecule has 0 saturated heterocycles. The number of rotatable bonds is 5. The van der Waals surface area contributed by atoms with E-state index < -0.39 is 0 Å². The predicted octanol–water partition coefficient (Wildman–Crippen LogP) is 5.52. The van der Waals surface area contributed by atoms with Crippen LogP contribution in [0.5, 0.6) is 0 Å². The Labute approximate surface area is 103 Å². The summed E-state index contributed by atoms with van der Waals surface area (Å²) in [7, 11) is 0. The summed E-state index contributed by atoms with van der Waals surface area (Å²) in [6.07, 6.45) is 7.05. The molecule has 5 atom stereocenters. The maximum atomic E-state index is 2.52. The molecule has 96 valence electrons. The zero-order valence-corrected chi connectivity index (χ0v) is 12.3. The summed E-state index contributed by atoms with van der Waals surface area (Å²) in [6, 6.07) is 0. The van der Waals surface area contributed by atoms with Crippen LogP contribution in [0.4, 0.5) is 0 Å². The van der Waals surface area contributed by atoms with Gasteiger partial charge in [-0.25, -0.2) is 0 Å². The average Bonchev–Trinajstić information content (AvgIpc) is 2.51. The number of hydrogen-bond donors (Lipinski definition) is 0. The Morgan fingerprint density at radius 3 is 2.31 bits per heavy atom. The molecule has 0 aromatic rings. The lowest BCUT2D eigenvalue weighted by molar-refractivity contribution is 0.199. The van der Waals surface area contributed by atoms with Crippen molar-refractivity contribution in [3.63, 3.8) is 0 Å². The van der Waals surface area contributed by atoms with E-state index in [4.69, 9.17) is 0 Å². The maximum absolute atomic E-state index is 2.52. The molecule has 0 aliphatic heterocycles. The summed E-state index contributed by atoms with van der Waals surface area (Å²) in [5.74, 6) is 3.83. The average molecular weight is 224 g/mol. The summed E-state index contributed by atoms with van der Waals surface area (Å²) in [6.45, 7) is 14.6. The van der Waals surface area contributed by atoms with Crippen molar-refractivity contribution in [3.8, 4) is 0 Å². The Bertz CT molecular complexity index is 208. The van der Waals surface area contributed by atoms with Gasteiger partial charge >= 0.3 is 0 Å². The number of hydrogen-bond acceptors (Lipinski definition) is 0. The third-order valence-electron chi connectivity index (χ3n) is 5.76. The fourth-order valence-electron chi connectivity index (χ4n) is 3.96. The minimum atomic E-state index is 0.624. The van der Waals surface area contributed by atoms with Gasteiger partial charge in [0.2, 0.25) is 0 Å². The molecule has 0 amide bonds. The highest BCUT2D eigenvalue weighted by atomic mass is 14.5. The molecule has 0 nitrogen and oxygen atoms in total. The van der Waals surface area contributed by atoms with Crippen LogP contribution in [-0.4, -0.2) is 0 Å². The minimum Gasteiger partial charge on any atom is -0.0651 e. The highest BCUT2D eigenvalue weighted by molar-refractivity contribution is 4.95. The molecule has 0 spiro atoms. The van der Waals surface area contributed by atoms with Gasteiger partial charge < -0.3 is 0 Å². The second kappa shape index (κ2) is 5.56. The Hall–Kier alpha value is 0. The van der Waals surface area contributed by atoms with E-state index in [0.29, 0.717) is 5.41 Å². The summed E-state index contributed by atoms with van der Waals surface area (Å²) < 4.78 is 0. The smallest absolute Gasteiger partial charge is 0.0297 e. The predicted molar refractivity (Wildman–Crippen MR) is 73.5 cm³/mol.